The first kappa shape index (κ1) is 16.7. The maximum atomic E-state index is 11.9. The van der Waals surface area contributed by atoms with E-state index in [1.165, 1.54) is 12.7 Å². The smallest absolute Gasteiger partial charge is 0.291 e. The third-order valence-corrected chi connectivity index (χ3v) is 4.74. The van der Waals surface area contributed by atoms with Gasteiger partial charge in [0.2, 0.25) is 0 Å². The number of furan rings is 2. The lowest BCUT2D eigenvalue weighted by Crippen LogP contribution is -2.13. The van der Waals surface area contributed by atoms with Gasteiger partial charge >= 0.3 is 0 Å². The van der Waals surface area contributed by atoms with Crippen LogP contribution in [-0.4, -0.2) is 5.91 Å². The number of carbonyl (C=O) groups is 1. The van der Waals surface area contributed by atoms with Gasteiger partial charge in [-0.15, -0.1) is 0 Å². The molecule has 1 amide bonds. The van der Waals surface area contributed by atoms with Crippen LogP contribution in [0, 0.1) is 5.92 Å². The molecule has 0 saturated heterocycles. The van der Waals surface area contributed by atoms with E-state index in [0.717, 1.165) is 35.2 Å². The van der Waals surface area contributed by atoms with E-state index in [4.69, 9.17) is 8.83 Å². The summed E-state index contributed by atoms with van der Waals surface area (Å²) in [5.74, 6) is 3.52. The number of hydrogen-bond donors (Lipinski definition) is 2. The Kier molecular flexibility index (Phi) is 4.63. The van der Waals surface area contributed by atoms with Crippen molar-refractivity contribution < 1.29 is 13.6 Å². The SMILES string of the molecule is CC1CC1c1ccc(CNCc2ccc(NC(=O)c3ccco3)cc2)o1. The molecule has 0 spiro atoms. The fourth-order valence-electron chi connectivity index (χ4n) is 3.04. The first-order chi connectivity index (χ1) is 12.7. The Morgan fingerprint density at radius 1 is 1.12 bits per heavy atom. The molecule has 1 aliphatic carbocycles. The van der Waals surface area contributed by atoms with Crippen molar-refractivity contribution in [3.05, 3.63) is 77.6 Å². The summed E-state index contributed by atoms with van der Waals surface area (Å²) in [4.78, 5) is 11.9. The lowest BCUT2D eigenvalue weighted by Gasteiger charge is -2.06. The fourth-order valence-corrected chi connectivity index (χ4v) is 3.04. The minimum absolute atomic E-state index is 0.250. The highest BCUT2D eigenvalue weighted by Gasteiger charge is 2.36. The van der Waals surface area contributed by atoms with Gasteiger partial charge in [-0.1, -0.05) is 19.1 Å². The third-order valence-electron chi connectivity index (χ3n) is 4.74. The van der Waals surface area contributed by atoms with Crippen molar-refractivity contribution in [2.24, 2.45) is 5.92 Å². The van der Waals surface area contributed by atoms with Crippen molar-refractivity contribution in [1.29, 1.82) is 0 Å². The summed E-state index contributed by atoms with van der Waals surface area (Å²) in [5.41, 5.74) is 1.88. The molecule has 5 heteroatoms. The Morgan fingerprint density at radius 3 is 2.62 bits per heavy atom. The van der Waals surface area contributed by atoms with Gasteiger partial charge in [-0.05, 0) is 54.3 Å². The number of anilines is 1. The van der Waals surface area contributed by atoms with Crippen molar-refractivity contribution in [2.75, 3.05) is 5.32 Å². The highest BCUT2D eigenvalue weighted by atomic mass is 16.3. The summed E-state index contributed by atoms with van der Waals surface area (Å²) < 4.78 is 11.0. The molecule has 1 aliphatic rings. The minimum Gasteiger partial charge on any atom is -0.464 e. The van der Waals surface area contributed by atoms with Gasteiger partial charge < -0.3 is 19.5 Å². The van der Waals surface area contributed by atoms with E-state index >= 15 is 0 Å². The monoisotopic (exact) mass is 350 g/mol. The molecule has 1 aromatic carbocycles. The predicted molar refractivity (Wildman–Crippen MR) is 98.9 cm³/mol. The maximum absolute atomic E-state index is 11.9. The van der Waals surface area contributed by atoms with E-state index in [1.54, 1.807) is 12.1 Å². The van der Waals surface area contributed by atoms with Gasteiger partial charge in [-0.2, -0.15) is 0 Å². The average molecular weight is 350 g/mol. The van der Waals surface area contributed by atoms with E-state index in [1.807, 2.05) is 24.3 Å². The molecular formula is C21H22N2O3. The number of hydrogen-bond acceptors (Lipinski definition) is 4. The van der Waals surface area contributed by atoms with Crippen LogP contribution in [0.2, 0.25) is 0 Å². The van der Waals surface area contributed by atoms with Gasteiger partial charge in [0.1, 0.15) is 11.5 Å². The van der Waals surface area contributed by atoms with Gasteiger partial charge in [0.15, 0.2) is 5.76 Å². The van der Waals surface area contributed by atoms with Crippen LogP contribution in [0.3, 0.4) is 0 Å². The minimum atomic E-state index is -0.250. The number of nitrogens with one attached hydrogen (secondary N) is 2. The number of benzene rings is 1. The molecule has 5 nitrogen and oxygen atoms in total. The zero-order valence-corrected chi connectivity index (χ0v) is 14.7. The van der Waals surface area contributed by atoms with Crippen LogP contribution >= 0.6 is 0 Å². The molecule has 26 heavy (non-hydrogen) atoms. The Bertz CT molecular complexity index is 865. The Hall–Kier alpha value is -2.79. The van der Waals surface area contributed by atoms with Gasteiger partial charge in [-0.3, -0.25) is 4.79 Å². The fraction of sp³-hybridized carbons (Fsp3) is 0.286. The standard InChI is InChI=1S/C21H22N2O3/c1-14-11-18(14)19-9-8-17(26-19)13-22-12-15-4-6-16(7-5-15)23-21(24)20-3-2-10-25-20/h2-10,14,18,22H,11-13H2,1H3,(H,23,24). The molecule has 2 aromatic heterocycles. The second-order valence-electron chi connectivity index (χ2n) is 6.86. The molecule has 3 aromatic rings. The van der Waals surface area contributed by atoms with E-state index < -0.39 is 0 Å². The summed E-state index contributed by atoms with van der Waals surface area (Å²) in [6.45, 7) is 3.70. The topological polar surface area (TPSA) is 67.4 Å². The molecule has 0 bridgehead atoms. The van der Waals surface area contributed by atoms with Gasteiger partial charge in [0, 0.05) is 18.2 Å². The quantitative estimate of drug-likeness (QED) is 0.656. The highest BCUT2D eigenvalue weighted by molar-refractivity contribution is 6.02. The van der Waals surface area contributed by atoms with Crippen LogP contribution in [0.5, 0.6) is 0 Å². The van der Waals surface area contributed by atoms with E-state index in [0.29, 0.717) is 18.2 Å². The van der Waals surface area contributed by atoms with E-state index in [2.05, 4.69) is 29.7 Å². The number of rotatable bonds is 7. The first-order valence-electron chi connectivity index (χ1n) is 8.92. The van der Waals surface area contributed by atoms with E-state index in [-0.39, 0.29) is 5.91 Å². The Morgan fingerprint density at radius 2 is 1.92 bits per heavy atom. The molecule has 0 aliphatic heterocycles. The summed E-state index contributed by atoms with van der Waals surface area (Å²) >= 11 is 0. The molecule has 2 unspecified atom stereocenters. The maximum Gasteiger partial charge on any atom is 0.291 e. The molecule has 1 fully saturated rings. The second kappa shape index (κ2) is 7.22. The van der Waals surface area contributed by atoms with Crippen molar-refractivity contribution in [1.82, 2.24) is 5.32 Å². The Balaban J connectivity index is 1.25. The highest BCUT2D eigenvalue weighted by Crippen LogP contribution is 2.47. The van der Waals surface area contributed by atoms with Crippen molar-refractivity contribution in [3.63, 3.8) is 0 Å². The van der Waals surface area contributed by atoms with Gasteiger partial charge in [-0.25, -0.2) is 0 Å². The molecule has 1 saturated carbocycles. The number of carbonyl (C=O) groups excluding carboxylic acids is 1. The van der Waals surface area contributed by atoms with Crippen LogP contribution < -0.4 is 10.6 Å². The predicted octanol–water partition coefficient (Wildman–Crippen LogP) is 4.54. The zero-order chi connectivity index (χ0) is 17.9. The zero-order valence-electron chi connectivity index (χ0n) is 14.7. The molecule has 134 valence electrons. The van der Waals surface area contributed by atoms with Crippen LogP contribution in [0.4, 0.5) is 5.69 Å². The lowest BCUT2D eigenvalue weighted by molar-refractivity contribution is 0.0996. The largest absolute Gasteiger partial charge is 0.464 e. The molecule has 4 rings (SSSR count). The molecule has 2 N–H and O–H groups in total. The molecule has 2 atom stereocenters. The van der Waals surface area contributed by atoms with Crippen molar-refractivity contribution in [2.45, 2.75) is 32.4 Å². The van der Waals surface area contributed by atoms with Gasteiger partial charge in [0.05, 0.1) is 12.8 Å². The Labute approximate surface area is 152 Å². The first-order valence-corrected chi connectivity index (χ1v) is 8.92. The van der Waals surface area contributed by atoms with E-state index in [9.17, 15) is 4.79 Å². The van der Waals surface area contributed by atoms with Crippen molar-refractivity contribution >= 4 is 11.6 Å². The molecular weight excluding hydrogens is 328 g/mol. The normalized spacial score (nSPS) is 18.7. The van der Waals surface area contributed by atoms with Crippen LogP contribution in [-0.2, 0) is 13.1 Å². The lowest BCUT2D eigenvalue weighted by atomic mass is 10.2. The average Bonchev–Trinajstić information content (AvgIpc) is 3.09. The van der Waals surface area contributed by atoms with Crippen LogP contribution in [0.1, 0.15) is 46.9 Å². The summed E-state index contributed by atoms with van der Waals surface area (Å²) in [7, 11) is 0. The summed E-state index contributed by atoms with van der Waals surface area (Å²) in [5, 5.41) is 6.20. The summed E-state index contributed by atoms with van der Waals surface area (Å²) in [6, 6.07) is 15.2. The van der Waals surface area contributed by atoms with Gasteiger partial charge in [0.25, 0.3) is 5.91 Å². The second-order valence-corrected chi connectivity index (χ2v) is 6.86. The van der Waals surface area contributed by atoms with Crippen molar-refractivity contribution in [3.8, 4) is 0 Å². The van der Waals surface area contributed by atoms with Crippen LogP contribution in [0.15, 0.2) is 63.6 Å². The molecule has 2 heterocycles. The number of amides is 1. The van der Waals surface area contributed by atoms with Crippen LogP contribution in [0.25, 0.3) is 0 Å². The molecule has 0 radical (unpaired) electrons. The third kappa shape index (κ3) is 3.89. The summed E-state index contributed by atoms with van der Waals surface area (Å²) in [6.07, 6.45) is 2.72.